The first-order chi connectivity index (χ1) is 7.62. The molecule has 3 nitrogen and oxygen atoms in total. The van der Waals surface area contributed by atoms with Gasteiger partial charge in [-0.1, -0.05) is 0 Å². The van der Waals surface area contributed by atoms with Gasteiger partial charge in [0.05, 0.1) is 12.8 Å². The fourth-order valence-corrected chi connectivity index (χ4v) is 2.76. The van der Waals surface area contributed by atoms with E-state index in [0.29, 0.717) is 0 Å². The van der Waals surface area contributed by atoms with Crippen molar-refractivity contribution in [2.45, 2.75) is 38.8 Å². The fraction of sp³-hybridized carbons (Fsp3) is 0.692. The van der Waals surface area contributed by atoms with E-state index < -0.39 is 0 Å². The molecule has 1 aliphatic heterocycles. The van der Waals surface area contributed by atoms with Crippen LogP contribution in [0.5, 0.6) is 0 Å². The Balaban J connectivity index is 1.98. The summed E-state index contributed by atoms with van der Waals surface area (Å²) in [6, 6.07) is 4.00. The Morgan fingerprint density at radius 1 is 1.56 bits per heavy atom. The summed E-state index contributed by atoms with van der Waals surface area (Å²) in [6.45, 7) is 7.49. The van der Waals surface area contributed by atoms with Gasteiger partial charge in [-0.15, -0.1) is 0 Å². The maximum atomic E-state index is 5.64. The molecule has 90 valence electrons. The Labute approximate surface area is 97.6 Å². The minimum absolute atomic E-state index is 0.270. The highest BCUT2D eigenvalue weighted by atomic mass is 16.3. The third-order valence-corrected chi connectivity index (χ3v) is 3.62. The van der Waals surface area contributed by atoms with Crippen molar-refractivity contribution in [2.75, 3.05) is 13.1 Å². The smallest absolute Gasteiger partial charge is 0.117 e. The lowest BCUT2D eigenvalue weighted by Gasteiger charge is -2.30. The minimum atomic E-state index is 0.270. The third kappa shape index (κ3) is 2.47. The lowest BCUT2D eigenvalue weighted by atomic mass is 9.94. The summed E-state index contributed by atoms with van der Waals surface area (Å²) in [7, 11) is 0. The number of nitrogens with two attached hydrogens (primary N) is 1. The molecule has 1 atom stereocenters. The molecule has 3 heteroatoms. The van der Waals surface area contributed by atoms with E-state index >= 15 is 0 Å². The predicted octanol–water partition coefficient (Wildman–Crippen LogP) is 2.23. The van der Waals surface area contributed by atoms with Crippen LogP contribution in [0.25, 0.3) is 0 Å². The van der Waals surface area contributed by atoms with Crippen LogP contribution in [0.3, 0.4) is 0 Å². The van der Waals surface area contributed by atoms with Gasteiger partial charge in [0.1, 0.15) is 5.76 Å². The standard InChI is InChI=1S/C13H22N2O/c1-13(2)8-11(5-6-14)9-15(13)10-12-4-3-7-16-12/h3-4,7,11H,5-6,8-10,14H2,1-2H3. The summed E-state index contributed by atoms with van der Waals surface area (Å²) in [5.74, 6) is 1.80. The average molecular weight is 222 g/mol. The predicted molar refractivity (Wildman–Crippen MR) is 65.0 cm³/mol. The van der Waals surface area contributed by atoms with Crippen LogP contribution in [0.2, 0.25) is 0 Å². The molecule has 2 N–H and O–H groups in total. The zero-order valence-electron chi connectivity index (χ0n) is 10.3. The van der Waals surface area contributed by atoms with Gasteiger partial charge in [0.25, 0.3) is 0 Å². The number of furan rings is 1. The highest BCUT2D eigenvalue weighted by molar-refractivity contribution is 5.01. The number of rotatable bonds is 4. The summed E-state index contributed by atoms with van der Waals surface area (Å²) >= 11 is 0. The van der Waals surface area contributed by atoms with Crippen molar-refractivity contribution in [1.82, 2.24) is 4.90 Å². The second-order valence-electron chi connectivity index (χ2n) is 5.42. The molecule has 0 saturated carbocycles. The molecule has 0 bridgehead atoms. The Kier molecular flexibility index (Phi) is 3.36. The topological polar surface area (TPSA) is 42.4 Å². The maximum absolute atomic E-state index is 5.64. The fourth-order valence-electron chi connectivity index (χ4n) is 2.76. The van der Waals surface area contributed by atoms with Gasteiger partial charge in [-0.2, -0.15) is 0 Å². The Morgan fingerprint density at radius 2 is 2.38 bits per heavy atom. The van der Waals surface area contributed by atoms with Gasteiger partial charge in [-0.05, 0) is 51.3 Å². The van der Waals surface area contributed by atoms with Gasteiger partial charge >= 0.3 is 0 Å². The number of hydrogen-bond acceptors (Lipinski definition) is 3. The van der Waals surface area contributed by atoms with E-state index in [2.05, 4.69) is 18.7 Å². The first kappa shape index (κ1) is 11.7. The van der Waals surface area contributed by atoms with Crippen LogP contribution in [0.4, 0.5) is 0 Å². The van der Waals surface area contributed by atoms with Crippen molar-refractivity contribution in [3.8, 4) is 0 Å². The molecular formula is C13H22N2O. The summed E-state index contributed by atoms with van der Waals surface area (Å²) in [5, 5.41) is 0. The number of hydrogen-bond donors (Lipinski definition) is 1. The molecule has 1 unspecified atom stereocenters. The first-order valence-corrected chi connectivity index (χ1v) is 6.09. The van der Waals surface area contributed by atoms with E-state index in [1.54, 1.807) is 6.26 Å². The van der Waals surface area contributed by atoms with Crippen molar-refractivity contribution in [2.24, 2.45) is 11.7 Å². The quantitative estimate of drug-likeness (QED) is 0.849. The van der Waals surface area contributed by atoms with Crippen LogP contribution in [0.1, 0.15) is 32.4 Å². The molecular weight excluding hydrogens is 200 g/mol. The second-order valence-corrected chi connectivity index (χ2v) is 5.42. The Hall–Kier alpha value is -0.800. The van der Waals surface area contributed by atoms with Crippen LogP contribution in [0, 0.1) is 5.92 Å². The molecule has 0 aromatic carbocycles. The van der Waals surface area contributed by atoms with Crippen molar-refractivity contribution >= 4 is 0 Å². The highest BCUT2D eigenvalue weighted by Crippen LogP contribution is 2.35. The Morgan fingerprint density at radius 3 is 3.00 bits per heavy atom. The molecule has 0 spiro atoms. The Bertz CT molecular complexity index is 319. The van der Waals surface area contributed by atoms with Gasteiger partial charge < -0.3 is 10.2 Å². The molecule has 16 heavy (non-hydrogen) atoms. The van der Waals surface area contributed by atoms with Crippen LogP contribution in [0.15, 0.2) is 22.8 Å². The zero-order chi connectivity index (χ0) is 11.6. The van der Waals surface area contributed by atoms with E-state index in [-0.39, 0.29) is 5.54 Å². The van der Waals surface area contributed by atoms with Crippen LogP contribution in [-0.4, -0.2) is 23.5 Å². The zero-order valence-corrected chi connectivity index (χ0v) is 10.3. The molecule has 0 aliphatic carbocycles. The summed E-state index contributed by atoms with van der Waals surface area (Å²) in [6.07, 6.45) is 4.12. The van der Waals surface area contributed by atoms with E-state index in [9.17, 15) is 0 Å². The van der Waals surface area contributed by atoms with Crippen molar-refractivity contribution in [1.29, 1.82) is 0 Å². The first-order valence-electron chi connectivity index (χ1n) is 6.09. The summed E-state index contributed by atoms with van der Waals surface area (Å²) in [4.78, 5) is 2.51. The number of nitrogens with zero attached hydrogens (tertiary/aromatic N) is 1. The molecule has 1 fully saturated rings. The SMILES string of the molecule is CC1(C)CC(CCN)CN1Cc1ccco1. The van der Waals surface area contributed by atoms with Gasteiger partial charge in [-0.3, -0.25) is 4.90 Å². The van der Waals surface area contributed by atoms with E-state index in [0.717, 1.165) is 37.7 Å². The van der Waals surface area contributed by atoms with Crippen molar-refractivity contribution < 1.29 is 4.42 Å². The molecule has 1 aromatic rings. The van der Waals surface area contributed by atoms with E-state index in [1.807, 2.05) is 12.1 Å². The third-order valence-electron chi connectivity index (χ3n) is 3.62. The normalized spacial score (nSPS) is 25.1. The van der Waals surface area contributed by atoms with Crippen molar-refractivity contribution in [3.63, 3.8) is 0 Å². The minimum Gasteiger partial charge on any atom is -0.468 e. The molecule has 2 rings (SSSR count). The maximum Gasteiger partial charge on any atom is 0.117 e. The van der Waals surface area contributed by atoms with E-state index in [4.69, 9.17) is 10.2 Å². The molecule has 0 amide bonds. The lowest BCUT2D eigenvalue weighted by Crippen LogP contribution is -2.37. The van der Waals surface area contributed by atoms with Gasteiger partial charge in [0, 0.05) is 12.1 Å². The second kappa shape index (κ2) is 4.60. The molecule has 1 saturated heterocycles. The van der Waals surface area contributed by atoms with Crippen LogP contribution < -0.4 is 5.73 Å². The van der Waals surface area contributed by atoms with Crippen molar-refractivity contribution in [3.05, 3.63) is 24.2 Å². The van der Waals surface area contributed by atoms with Gasteiger partial charge in [-0.25, -0.2) is 0 Å². The molecule has 0 radical (unpaired) electrons. The summed E-state index contributed by atoms with van der Waals surface area (Å²) < 4.78 is 5.42. The average Bonchev–Trinajstić information content (AvgIpc) is 2.77. The lowest BCUT2D eigenvalue weighted by molar-refractivity contribution is 0.153. The summed E-state index contributed by atoms with van der Waals surface area (Å²) in [5.41, 5.74) is 5.91. The largest absolute Gasteiger partial charge is 0.468 e. The molecule has 2 heterocycles. The van der Waals surface area contributed by atoms with E-state index in [1.165, 1.54) is 6.42 Å². The monoisotopic (exact) mass is 222 g/mol. The van der Waals surface area contributed by atoms with Gasteiger partial charge in [0.15, 0.2) is 0 Å². The molecule has 1 aromatic heterocycles. The van der Waals surface area contributed by atoms with Crippen LogP contribution in [-0.2, 0) is 6.54 Å². The van der Waals surface area contributed by atoms with Gasteiger partial charge in [0.2, 0.25) is 0 Å². The highest BCUT2D eigenvalue weighted by Gasteiger charge is 2.37. The molecule has 1 aliphatic rings. The van der Waals surface area contributed by atoms with Crippen LogP contribution >= 0.6 is 0 Å². The number of likely N-dealkylation sites (tertiary alicyclic amines) is 1.